The average molecular weight is 741 g/mol. The Morgan fingerprint density at radius 1 is 0.765 bits per heavy atom. The van der Waals surface area contributed by atoms with E-state index in [0.29, 0.717) is 61.9 Å². The molecule has 5 aromatic rings. The fraction of sp³-hybridized carbons (Fsp3) is 0.353. The van der Waals surface area contributed by atoms with Crippen molar-refractivity contribution in [2.24, 2.45) is 0 Å². The van der Waals surface area contributed by atoms with Crippen LogP contribution in [0.25, 0.3) is 16.9 Å². The number of nitrogens with one attached hydrogen (secondary N) is 1. The summed E-state index contributed by atoms with van der Waals surface area (Å²) in [5.41, 5.74) is 8.90. The lowest BCUT2D eigenvalue weighted by Crippen LogP contribution is -2.05. The standard InChI is InChI=1S/C17H18ClN5O3.C17H21ClN4O3/c1-2-25-15(24)5-3-4-10-26-13-8-6-12(7-9-13)23-16-14(21-22-23)11-19-17(18)20-16;1-2-24-15(23)5-3-4-10-25-13-8-6-12(7-9-13)21-16-14(19)11-20-17(18)22-16/h6-9,11H,2-5,10H2,1H3;6-9,11H,2-5,10,19H2,1H3,(H,20,21,22). The van der Waals surface area contributed by atoms with Crippen LogP contribution in [0.4, 0.5) is 17.2 Å². The van der Waals surface area contributed by atoms with Crippen molar-refractivity contribution < 1.29 is 28.5 Å². The SMILES string of the molecule is CCOC(=O)CCCCOc1ccc(-n2nnc3cnc(Cl)nc32)cc1.CCOC(=O)CCCCOc1ccc(Nc2nc(Cl)ncc2N)cc1. The van der Waals surface area contributed by atoms with Gasteiger partial charge in [0.2, 0.25) is 10.6 Å². The molecular weight excluding hydrogens is 701 g/mol. The first-order valence-electron chi connectivity index (χ1n) is 16.3. The fourth-order valence-electron chi connectivity index (χ4n) is 4.39. The molecule has 3 heterocycles. The maximum atomic E-state index is 11.2. The van der Waals surface area contributed by atoms with Crippen LogP contribution in [0.2, 0.25) is 10.6 Å². The lowest BCUT2D eigenvalue weighted by molar-refractivity contribution is -0.144. The van der Waals surface area contributed by atoms with Crippen LogP contribution < -0.4 is 20.5 Å². The van der Waals surface area contributed by atoms with Crippen LogP contribution in [0.1, 0.15) is 52.4 Å². The molecule has 17 heteroatoms. The largest absolute Gasteiger partial charge is 0.494 e. The molecule has 0 aliphatic rings. The van der Waals surface area contributed by atoms with Crippen LogP contribution in [0, 0.1) is 0 Å². The summed E-state index contributed by atoms with van der Waals surface area (Å²) in [5.74, 6) is 1.60. The molecule has 0 atom stereocenters. The lowest BCUT2D eigenvalue weighted by Gasteiger charge is -2.10. The summed E-state index contributed by atoms with van der Waals surface area (Å²) in [6.07, 6.45) is 6.86. The van der Waals surface area contributed by atoms with Crippen molar-refractivity contribution in [3.8, 4) is 17.2 Å². The number of nitrogen functional groups attached to an aromatic ring is 1. The lowest BCUT2D eigenvalue weighted by atomic mass is 10.2. The zero-order chi connectivity index (χ0) is 36.4. The highest BCUT2D eigenvalue weighted by Crippen LogP contribution is 2.24. The van der Waals surface area contributed by atoms with Gasteiger partial charge in [-0.25, -0.2) is 9.97 Å². The minimum atomic E-state index is -0.166. The number of unbranched alkanes of at least 4 members (excludes halogenated alkanes) is 2. The van der Waals surface area contributed by atoms with E-state index in [9.17, 15) is 9.59 Å². The number of hydrogen-bond acceptors (Lipinski definition) is 14. The molecule has 0 radical (unpaired) electrons. The summed E-state index contributed by atoms with van der Waals surface area (Å²) in [5, 5.41) is 11.4. The van der Waals surface area contributed by atoms with E-state index in [2.05, 4.69) is 35.6 Å². The van der Waals surface area contributed by atoms with Gasteiger partial charge in [-0.1, -0.05) is 5.21 Å². The van der Waals surface area contributed by atoms with E-state index in [1.54, 1.807) is 18.5 Å². The monoisotopic (exact) mass is 739 g/mol. The quantitative estimate of drug-likeness (QED) is 0.0593. The van der Waals surface area contributed by atoms with Crippen LogP contribution >= 0.6 is 23.2 Å². The second kappa shape index (κ2) is 20.4. The van der Waals surface area contributed by atoms with Crippen molar-refractivity contribution in [1.29, 1.82) is 0 Å². The Morgan fingerprint density at radius 3 is 1.90 bits per heavy atom. The first-order chi connectivity index (χ1) is 24.7. The number of benzene rings is 2. The number of esters is 2. The Hall–Kier alpha value is -5.28. The second-order valence-corrected chi connectivity index (χ2v) is 11.3. The highest BCUT2D eigenvalue weighted by atomic mass is 35.5. The summed E-state index contributed by atoms with van der Waals surface area (Å²) < 4.78 is 22.7. The molecular formula is C34H39Cl2N9O6. The maximum Gasteiger partial charge on any atom is 0.305 e. The van der Waals surface area contributed by atoms with E-state index < -0.39 is 0 Å². The molecule has 0 saturated heterocycles. The van der Waals surface area contributed by atoms with Crippen LogP contribution in [0.5, 0.6) is 11.5 Å². The number of carbonyl (C=O) groups excluding carboxylic acids is 2. The fourth-order valence-corrected chi connectivity index (χ4v) is 4.66. The molecule has 0 aliphatic heterocycles. The van der Waals surface area contributed by atoms with Crippen molar-refractivity contribution in [2.75, 3.05) is 37.5 Å². The number of hydrogen-bond donors (Lipinski definition) is 2. The molecule has 0 bridgehead atoms. The number of nitrogens with two attached hydrogens (primary N) is 1. The normalized spacial score (nSPS) is 10.6. The van der Waals surface area contributed by atoms with Crippen LogP contribution in [0.3, 0.4) is 0 Å². The molecule has 0 aliphatic carbocycles. The van der Waals surface area contributed by atoms with Crippen LogP contribution in [-0.2, 0) is 19.1 Å². The smallest absolute Gasteiger partial charge is 0.305 e. The van der Waals surface area contributed by atoms with E-state index in [4.69, 9.17) is 47.9 Å². The number of aromatic nitrogens is 7. The Balaban J connectivity index is 0.000000229. The van der Waals surface area contributed by atoms with Gasteiger partial charge in [0.25, 0.3) is 0 Å². The number of rotatable bonds is 17. The molecule has 15 nitrogen and oxygen atoms in total. The van der Waals surface area contributed by atoms with Gasteiger partial charge in [0.15, 0.2) is 17.0 Å². The molecule has 0 amide bonds. The van der Waals surface area contributed by atoms with Crippen molar-refractivity contribution in [3.05, 3.63) is 71.5 Å². The minimum absolute atomic E-state index is 0.125. The molecule has 3 N–H and O–H groups in total. The predicted molar refractivity (Wildman–Crippen MR) is 193 cm³/mol. The third kappa shape index (κ3) is 12.8. The van der Waals surface area contributed by atoms with Gasteiger partial charge in [0.05, 0.1) is 50.2 Å². The molecule has 3 aromatic heterocycles. The third-order valence-electron chi connectivity index (χ3n) is 6.85. The number of ether oxygens (including phenoxy) is 4. The van der Waals surface area contributed by atoms with Gasteiger partial charge in [-0.3, -0.25) is 9.59 Å². The average Bonchev–Trinajstić information content (AvgIpc) is 3.54. The highest BCUT2D eigenvalue weighted by Gasteiger charge is 2.10. The van der Waals surface area contributed by atoms with E-state index in [1.165, 1.54) is 12.4 Å². The molecule has 0 spiro atoms. The number of anilines is 3. The van der Waals surface area contributed by atoms with Gasteiger partial charge in [-0.15, -0.1) is 5.10 Å². The van der Waals surface area contributed by atoms with Gasteiger partial charge in [0.1, 0.15) is 11.5 Å². The number of halogens is 2. The highest BCUT2D eigenvalue weighted by molar-refractivity contribution is 6.28. The summed E-state index contributed by atoms with van der Waals surface area (Å²) in [6.45, 7) is 5.51. The second-order valence-electron chi connectivity index (χ2n) is 10.7. The van der Waals surface area contributed by atoms with E-state index in [-0.39, 0.29) is 22.5 Å². The molecule has 2 aromatic carbocycles. The first kappa shape index (κ1) is 38.5. The Kier molecular flexibility index (Phi) is 15.4. The molecule has 270 valence electrons. The van der Waals surface area contributed by atoms with E-state index in [1.807, 2.05) is 48.5 Å². The topological polar surface area (TPSA) is 191 Å². The number of fused-ring (bicyclic) bond motifs is 1. The molecule has 0 saturated carbocycles. The van der Waals surface area contributed by atoms with Gasteiger partial charge < -0.3 is 30.0 Å². The summed E-state index contributed by atoms with van der Waals surface area (Å²) in [6, 6.07) is 14.8. The van der Waals surface area contributed by atoms with Crippen molar-refractivity contribution in [1.82, 2.24) is 34.9 Å². The summed E-state index contributed by atoms with van der Waals surface area (Å²) in [7, 11) is 0. The minimum Gasteiger partial charge on any atom is -0.494 e. The molecule has 0 unspecified atom stereocenters. The molecule has 0 fully saturated rings. The van der Waals surface area contributed by atoms with Crippen molar-refractivity contribution in [2.45, 2.75) is 52.4 Å². The van der Waals surface area contributed by atoms with Gasteiger partial charge in [-0.05, 0) is 111 Å². The van der Waals surface area contributed by atoms with E-state index in [0.717, 1.165) is 48.6 Å². The van der Waals surface area contributed by atoms with Crippen molar-refractivity contribution in [3.63, 3.8) is 0 Å². The van der Waals surface area contributed by atoms with Gasteiger partial charge in [0, 0.05) is 18.5 Å². The van der Waals surface area contributed by atoms with Crippen LogP contribution in [-0.4, -0.2) is 73.3 Å². The summed E-state index contributed by atoms with van der Waals surface area (Å²) in [4.78, 5) is 38.3. The Bertz CT molecular complexity index is 1840. The predicted octanol–water partition coefficient (Wildman–Crippen LogP) is 6.54. The Labute approximate surface area is 304 Å². The Morgan fingerprint density at radius 2 is 1.31 bits per heavy atom. The third-order valence-corrected chi connectivity index (χ3v) is 7.21. The first-order valence-corrected chi connectivity index (χ1v) is 17.1. The zero-order valence-corrected chi connectivity index (χ0v) is 29.8. The van der Waals surface area contributed by atoms with Crippen LogP contribution in [0.15, 0.2) is 60.9 Å². The summed E-state index contributed by atoms with van der Waals surface area (Å²) >= 11 is 11.6. The number of nitrogens with zero attached hydrogens (tertiary/aromatic N) is 7. The maximum absolute atomic E-state index is 11.2. The molecule has 5 rings (SSSR count). The van der Waals surface area contributed by atoms with Crippen molar-refractivity contribution >= 4 is 63.5 Å². The molecule has 51 heavy (non-hydrogen) atoms. The van der Waals surface area contributed by atoms with E-state index >= 15 is 0 Å². The number of carbonyl (C=O) groups is 2. The van der Waals surface area contributed by atoms with Gasteiger partial charge >= 0.3 is 11.9 Å². The zero-order valence-electron chi connectivity index (χ0n) is 28.3. The van der Waals surface area contributed by atoms with Gasteiger partial charge in [-0.2, -0.15) is 14.6 Å².